The van der Waals surface area contributed by atoms with E-state index >= 15 is 0 Å². The zero-order chi connectivity index (χ0) is 18.1. The molecule has 4 N–H and O–H groups in total. The highest BCUT2D eigenvalue weighted by Gasteiger charge is 2.12. The quantitative estimate of drug-likeness (QED) is 0.248. The molecule has 0 aliphatic heterocycles. The number of nitrogens with one attached hydrogen (secondary N) is 2. The molecule has 0 radical (unpaired) electrons. The molecule has 0 heterocycles. The van der Waals surface area contributed by atoms with Gasteiger partial charge in [-0.2, -0.15) is 0 Å². The lowest BCUT2D eigenvalue weighted by Crippen LogP contribution is -2.39. The van der Waals surface area contributed by atoms with Gasteiger partial charge in [0.1, 0.15) is 0 Å². The number of benzene rings is 1. The standard InChI is InChI=1S/C20H32N4O.HI/c1-3-15(2)19(25)23-18-12-8-9-16(13-18)14-22-20(21)24-17-10-6-4-5-7-11-17;/h8-9,12-13,15,17H,3-7,10-11,14H2,1-2H3,(H,23,25)(H3,21,22,24);1H. The number of rotatable bonds is 6. The molecule has 1 unspecified atom stereocenters. The molecule has 0 bridgehead atoms. The first-order chi connectivity index (χ1) is 12.1. The maximum absolute atomic E-state index is 12.0. The second-order valence-corrected chi connectivity index (χ2v) is 7.03. The molecule has 1 aromatic carbocycles. The topological polar surface area (TPSA) is 79.5 Å². The molecule has 0 saturated heterocycles. The van der Waals surface area contributed by atoms with E-state index in [1.807, 2.05) is 38.1 Å². The van der Waals surface area contributed by atoms with Crippen molar-refractivity contribution in [3.8, 4) is 0 Å². The predicted octanol–water partition coefficient (Wildman–Crippen LogP) is 4.42. The van der Waals surface area contributed by atoms with Crippen LogP contribution in [0, 0.1) is 5.92 Å². The molecule has 0 spiro atoms. The van der Waals surface area contributed by atoms with Crippen LogP contribution in [0.25, 0.3) is 0 Å². The van der Waals surface area contributed by atoms with E-state index in [1.165, 1.54) is 38.5 Å². The van der Waals surface area contributed by atoms with Gasteiger partial charge in [0.25, 0.3) is 0 Å². The van der Waals surface area contributed by atoms with Crippen LogP contribution in [-0.2, 0) is 11.3 Å². The normalized spacial score (nSPS) is 16.9. The van der Waals surface area contributed by atoms with E-state index in [4.69, 9.17) is 5.73 Å². The lowest BCUT2D eigenvalue weighted by Gasteiger charge is -2.16. The molecule has 1 atom stereocenters. The number of guanidine groups is 1. The molecule has 0 aromatic heterocycles. The fourth-order valence-electron chi connectivity index (χ4n) is 3.05. The molecule has 1 aliphatic rings. The van der Waals surface area contributed by atoms with E-state index < -0.39 is 0 Å². The fourth-order valence-corrected chi connectivity index (χ4v) is 3.05. The molecule has 1 fully saturated rings. The van der Waals surface area contributed by atoms with Gasteiger partial charge in [-0.15, -0.1) is 24.0 Å². The first kappa shape index (κ1) is 22.7. The van der Waals surface area contributed by atoms with Crippen molar-refractivity contribution in [1.82, 2.24) is 5.32 Å². The molecular weight excluding hydrogens is 439 g/mol. The van der Waals surface area contributed by atoms with Gasteiger partial charge in [-0.1, -0.05) is 51.7 Å². The lowest BCUT2D eigenvalue weighted by atomic mass is 10.1. The van der Waals surface area contributed by atoms with Gasteiger partial charge >= 0.3 is 0 Å². The maximum Gasteiger partial charge on any atom is 0.227 e. The van der Waals surface area contributed by atoms with Gasteiger partial charge in [0, 0.05) is 17.6 Å². The molecule has 1 saturated carbocycles. The largest absolute Gasteiger partial charge is 0.370 e. The highest BCUT2D eigenvalue weighted by atomic mass is 127. The van der Waals surface area contributed by atoms with Crippen LogP contribution in [0.4, 0.5) is 5.69 Å². The number of nitrogens with zero attached hydrogens (tertiary/aromatic N) is 1. The van der Waals surface area contributed by atoms with Gasteiger partial charge in [-0.05, 0) is 37.0 Å². The first-order valence-electron chi connectivity index (χ1n) is 9.54. The minimum absolute atomic E-state index is 0. The van der Waals surface area contributed by atoms with Gasteiger partial charge in [-0.25, -0.2) is 4.99 Å². The summed E-state index contributed by atoms with van der Waals surface area (Å²) >= 11 is 0. The average molecular weight is 472 g/mol. The van der Waals surface area contributed by atoms with Crippen LogP contribution < -0.4 is 16.4 Å². The Morgan fingerprint density at radius 1 is 1.27 bits per heavy atom. The number of nitrogens with two attached hydrogens (primary N) is 1. The van der Waals surface area contributed by atoms with Crippen LogP contribution in [0.5, 0.6) is 0 Å². The van der Waals surface area contributed by atoms with Crippen LogP contribution in [0.1, 0.15) is 64.4 Å². The SMILES string of the molecule is CCC(C)C(=O)Nc1cccc(CN=C(N)NC2CCCCCC2)c1.I. The molecule has 1 amide bonds. The third kappa shape index (κ3) is 7.93. The Kier molecular flexibility index (Phi) is 10.6. The second kappa shape index (κ2) is 12.1. The summed E-state index contributed by atoms with van der Waals surface area (Å²) in [7, 11) is 0. The number of amides is 1. The summed E-state index contributed by atoms with van der Waals surface area (Å²) in [6.45, 7) is 4.46. The predicted molar refractivity (Wildman–Crippen MR) is 120 cm³/mol. The van der Waals surface area contributed by atoms with Crippen molar-refractivity contribution in [2.24, 2.45) is 16.6 Å². The van der Waals surface area contributed by atoms with Crippen LogP contribution in [0.2, 0.25) is 0 Å². The van der Waals surface area contributed by atoms with Crippen molar-refractivity contribution in [2.45, 2.75) is 71.4 Å². The Morgan fingerprint density at radius 2 is 1.96 bits per heavy atom. The van der Waals surface area contributed by atoms with Crippen molar-refractivity contribution in [1.29, 1.82) is 0 Å². The summed E-state index contributed by atoms with van der Waals surface area (Å²) in [4.78, 5) is 16.5. The third-order valence-corrected chi connectivity index (χ3v) is 4.89. The van der Waals surface area contributed by atoms with E-state index in [2.05, 4.69) is 15.6 Å². The molecule has 1 aliphatic carbocycles. The van der Waals surface area contributed by atoms with E-state index in [0.717, 1.165) is 17.7 Å². The molecule has 146 valence electrons. The maximum atomic E-state index is 12.0. The highest BCUT2D eigenvalue weighted by molar-refractivity contribution is 14.0. The Balaban J connectivity index is 0.00000338. The molecule has 2 rings (SSSR count). The number of anilines is 1. The van der Waals surface area contributed by atoms with Crippen molar-refractivity contribution in [3.63, 3.8) is 0 Å². The summed E-state index contributed by atoms with van der Waals surface area (Å²) in [5.74, 6) is 0.583. The molecule has 1 aromatic rings. The summed E-state index contributed by atoms with van der Waals surface area (Å²) in [6.07, 6.45) is 8.36. The number of halogens is 1. The van der Waals surface area contributed by atoms with E-state index in [1.54, 1.807) is 0 Å². The number of hydrogen-bond donors (Lipinski definition) is 3. The Labute approximate surface area is 174 Å². The molecular formula is C20H33IN4O. The number of aliphatic imine (C=N–C) groups is 1. The van der Waals surface area contributed by atoms with Crippen molar-refractivity contribution < 1.29 is 4.79 Å². The number of carbonyl (C=O) groups excluding carboxylic acids is 1. The molecule has 6 heteroatoms. The lowest BCUT2D eigenvalue weighted by molar-refractivity contribution is -0.119. The zero-order valence-electron chi connectivity index (χ0n) is 16.0. The monoisotopic (exact) mass is 472 g/mol. The highest BCUT2D eigenvalue weighted by Crippen LogP contribution is 2.17. The van der Waals surface area contributed by atoms with Crippen LogP contribution in [0.15, 0.2) is 29.3 Å². The van der Waals surface area contributed by atoms with Gasteiger partial charge in [0.2, 0.25) is 5.91 Å². The summed E-state index contributed by atoms with van der Waals surface area (Å²) in [5.41, 5.74) is 7.90. The fraction of sp³-hybridized carbons (Fsp3) is 0.600. The van der Waals surface area contributed by atoms with Crippen LogP contribution >= 0.6 is 24.0 Å². The Morgan fingerprint density at radius 3 is 2.62 bits per heavy atom. The van der Waals surface area contributed by atoms with Gasteiger partial charge in [0.15, 0.2) is 5.96 Å². The summed E-state index contributed by atoms with van der Waals surface area (Å²) in [5, 5.41) is 6.32. The molecule has 26 heavy (non-hydrogen) atoms. The minimum Gasteiger partial charge on any atom is -0.370 e. The average Bonchev–Trinajstić information content (AvgIpc) is 2.88. The van der Waals surface area contributed by atoms with Crippen LogP contribution in [-0.4, -0.2) is 17.9 Å². The molecule has 5 nitrogen and oxygen atoms in total. The van der Waals surface area contributed by atoms with Crippen molar-refractivity contribution >= 4 is 41.5 Å². The smallest absolute Gasteiger partial charge is 0.227 e. The zero-order valence-corrected chi connectivity index (χ0v) is 18.3. The van der Waals surface area contributed by atoms with Gasteiger partial charge in [-0.3, -0.25) is 4.79 Å². The second-order valence-electron chi connectivity index (χ2n) is 7.03. The Bertz CT molecular complexity index is 583. The van der Waals surface area contributed by atoms with Crippen molar-refractivity contribution in [3.05, 3.63) is 29.8 Å². The van der Waals surface area contributed by atoms with E-state index in [-0.39, 0.29) is 35.8 Å². The first-order valence-corrected chi connectivity index (χ1v) is 9.54. The third-order valence-electron chi connectivity index (χ3n) is 4.89. The van der Waals surface area contributed by atoms with Gasteiger partial charge in [0.05, 0.1) is 6.54 Å². The summed E-state index contributed by atoms with van der Waals surface area (Å²) in [6, 6.07) is 8.25. The van der Waals surface area contributed by atoms with Crippen molar-refractivity contribution in [2.75, 3.05) is 5.32 Å². The Hall–Kier alpha value is -1.31. The van der Waals surface area contributed by atoms with Crippen LogP contribution in [0.3, 0.4) is 0 Å². The van der Waals surface area contributed by atoms with E-state index in [0.29, 0.717) is 18.5 Å². The number of carbonyl (C=O) groups is 1. The van der Waals surface area contributed by atoms with E-state index in [9.17, 15) is 4.79 Å². The minimum atomic E-state index is 0. The van der Waals surface area contributed by atoms with Gasteiger partial charge < -0.3 is 16.4 Å². The summed E-state index contributed by atoms with van der Waals surface area (Å²) < 4.78 is 0. The number of hydrogen-bond acceptors (Lipinski definition) is 2.